The molecular weight excluding hydrogens is 116 g/mol. The van der Waals surface area contributed by atoms with Crippen LogP contribution in [0.4, 0.5) is 0 Å². The molecule has 0 aromatic rings. The van der Waals surface area contributed by atoms with E-state index in [4.69, 9.17) is 0 Å². The zero-order valence-corrected chi connectivity index (χ0v) is 5.36. The van der Waals surface area contributed by atoms with Crippen LogP contribution in [0.3, 0.4) is 0 Å². The van der Waals surface area contributed by atoms with Gasteiger partial charge >= 0.3 is 0 Å². The minimum absolute atomic E-state index is 0.586. The third-order valence-corrected chi connectivity index (χ3v) is 0.806. The van der Waals surface area contributed by atoms with Gasteiger partial charge in [0.1, 0.15) is 0 Å². The van der Waals surface area contributed by atoms with E-state index in [1.54, 1.807) is 6.92 Å². The Kier molecular flexibility index (Phi) is 3.57. The molecule has 0 saturated heterocycles. The first-order chi connectivity index (χ1) is 2.77. The van der Waals surface area contributed by atoms with Gasteiger partial charge in [0.2, 0.25) is 0 Å². The van der Waals surface area contributed by atoms with Crippen LogP contribution in [0.1, 0.15) is 6.92 Å². The maximum absolute atomic E-state index is 4.69. The molecule has 36 valence electrons. The Labute approximate surface area is 47.3 Å². The Morgan fingerprint density at radius 2 is 2.33 bits per heavy atom. The normalized spacial score (nSPS) is 7.67. The summed E-state index contributed by atoms with van der Waals surface area (Å²) in [5.74, 6) is 0. The fraction of sp³-hybridized carbons (Fsp3) is 0.667. The Balaban J connectivity index is 2.83. The van der Waals surface area contributed by atoms with Crippen molar-refractivity contribution in [1.29, 1.82) is 0 Å². The molecule has 0 aromatic heterocycles. The molecule has 0 amide bonds. The van der Waals surface area contributed by atoms with Crippen LogP contribution in [0, 0.1) is 0 Å². The van der Waals surface area contributed by atoms with Crippen LogP contribution in [0.2, 0.25) is 0 Å². The average molecular weight is 122 g/mol. The van der Waals surface area contributed by atoms with Crippen molar-refractivity contribution in [2.75, 3.05) is 6.26 Å². The van der Waals surface area contributed by atoms with E-state index in [1.165, 1.54) is 12.0 Å². The Hall–Kier alpha value is 0.240. The van der Waals surface area contributed by atoms with Crippen molar-refractivity contribution in [2.24, 2.45) is 0 Å². The Morgan fingerprint density at radius 3 is 2.33 bits per heavy atom. The maximum atomic E-state index is 4.69. The second-order valence-electron chi connectivity index (χ2n) is 0.742. The van der Waals surface area contributed by atoms with Gasteiger partial charge in [-0.1, -0.05) is 0 Å². The molecule has 0 aliphatic rings. The molecule has 3 heteroatoms. The third kappa shape index (κ3) is 4.24. The predicted octanol–water partition coefficient (Wildman–Crippen LogP) is 1.63. The maximum Gasteiger partial charge on any atom is 0.174 e. The van der Waals surface area contributed by atoms with Gasteiger partial charge in [-0.05, 0) is 12.2 Å². The molecule has 0 aromatic carbocycles. The van der Waals surface area contributed by atoms with E-state index < -0.39 is 0 Å². The highest BCUT2D eigenvalue weighted by molar-refractivity contribution is 7.95. The summed E-state index contributed by atoms with van der Waals surface area (Å²) >= 11 is 5.82. The summed E-state index contributed by atoms with van der Waals surface area (Å²) in [4.78, 5) is 0. The van der Waals surface area contributed by atoms with Gasteiger partial charge in [-0.2, -0.15) is 0 Å². The molecule has 0 aliphatic heterocycles. The average Bonchev–Trinajstić information content (AvgIpc) is 1.35. The lowest BCUT2D eigenvalue weighted by Crippen LogP contribution is -1.82. The minimum Gasteiger partial charge on any atom is -0.419 e. The fourth-order valence-corrected chi connectivity index (χ4v) is 0.556. The van der Waals surface area contributed by atoms with Crippen LogP contribution in [0.5, 0.6) is 0 Å². The van der Waals surface area contributed by atoms with Gasteiger partial charge < -0.3 is 4.18 Å². The lowest BCUT2D eigenvalue weighted by Gasteiger charge is -1.90. The van der Waals surface area contributed by atoms with Crippen molar-refractivity contribution in [3.05, 3.63) is 0 Å². The highest BCUT2D eigenvalue weighted by atomic mass is 32.2. The molecule has 0 bridgehead atoms. The van der Waals surface area contributed by atoms with Crippen LogP contribution in [0.25, 0.3) is 0 Å². The molecule has 0 spiro atoms. The Morgan fingerprint density at radius 1 is 1.83 bits per heavy atom. The van der Waals surface area contributed by atoms with Crippen LogP contribution >= 0.6 is 24.3 Å². The molecule has 0 aliphatic carbocycles. The zero-order chi connectivity index (χ0) is 4.99. The summed E-state index contributed by atoms with van der Waals surface area (Å²) < 4.78 is 4.69. The summed E-state index contributed by atoms with van der Waals surface area (Å²) in [6.45, 7) is 1.74. The second kappa shape index (κ2) is 3.43. The van der Waals surface area contributed by atoms with Crippen molar-refractivity contribution in [2.45, 2.75) is 6.92 Å². The van der Waals surface area contributed by atoms with Gasteiger partial charge in [-0.15, -0.1) is 0 Å². The first kappa shape index (κ1) is 6.24. The van der Waals surface area contributed by atoms with Gasteiger partial charge in [-0.25, -0.2) is 0 Å². The summed E-state index contributed by atoms with van der Waals surface area (Å²) in [5, 5.41) is 0.586. The minimum atomic E-state index is 0.586. The highest BCUT2D eigenvalue weighted by Crippen LogP contribution is 1.94. The molecule has 0 radical (unpaired) electrons. The SMILES string of the molecule is CSOC(C)=S. The number of rotatable bonds is 1. The standard InChI is InChI=1S/C3H6OS2/c1-3(5)4-6-2/h1-2H3. The highest BCUT2D eigenvalue weighted by Gasteiger charge is 1.77. The Bertz CT molecular complexity index is 52.8. The molecular formula is C3H6OS2. The van der Waals surface area contributed by atoms with E-state index in [9.17, 15) is 0 Å². The molecule has 0 saturated carbocycles. The molecule has 0 fully saturated rings. The first-order valence-electron chi connectivity index (χ1n) is 1.48. The van der Waals surface area contributed by atoms with Crippen LogP contribution < -0.4 is 0 Å². The molecule has 0 atom stereocenters. The van der Waals surface area contributed by atoms with E-state index in [0.717, 1.165) is 0 Å². The van der Waals surface area contributed by atoms with Crippen molar-refractivity contribution < 1.29 is 4.18 Å². The largest absolute Gasteiger partial charge is 0.419 e. The summed E-state index contributed by atoms with van der Waals surface area (Å²) in [7, 11) is 0. The zero-order valence-electron chi connectivity index (χ0n) is 3.72. The number of hydrogen-bond donors (Lipinski definition) is 0. The van der Waals surface area contributed by atoms with Gasteiger partial charge in [0, 0.05) is 13.2 Å². The van der Waals surface area contributed by atoms with Crippen molar-refractivity contribution in [3.8, 4) is 0 Å². The van der Waals surface area contributed by atoms with Gasteiger partial charge in [0.15, 0.2) is 5.05 Å². The summed E-state index contributed by atoms with van der Waals surface area (Å²) in [6.07, 6.45) is 1.83. The van der Waals surface area contributed by atoms with Crippen molar-refractivity contribution in [3.63, 3.8) is 0 Å². The van der Waals surface area contributed by atoms with Crippen LogP contribution in [-0.4, -0.2) is 11.3 Å². The van der Waals surface area contributed by atoms with E-state index in [-0.39, 0.29) is 0 Å². The van der Waals surface area contributed by atoms with Gasteiger partial charge in [0.05, 0.1) is 12.0 Å². The summed E-state index contributed by atoms with van der Waals surface area (Å²) in [5.41, 5.74) is 0. The lowest BCUT2D eigenvalue weighted by molar-refractivity contribution is 0.662. The van der Waals surface area contributed by atoms with Crippen molar-refractivity contribution >= 4 is 29.3 Å². The van der Waals surface area contributed by atoms with Crippen molar-refractivity contribution in [1.82, 2.24) is 0 Å². The topological polar surface area (TPSA) is 9.23 Å². The molecule has 6 heavy (non-hydrogen) atoms. The number of thiocarbonyl (C=S) groups is 1. The third-order valence-electron chi connectivity index (χ3n) is 0.201. The van der Waals surface area contributed by atoms with E-state index in [0.29, 0.717) is 5.05 Å². The van der Waals surface area contributed by atoms with Crippen LogP contribution in [-0.2, 0) is 4.18 Å². The smallest absolute Gasteiger partial charge is 0.174 e. The molecule has 0 unspecified atom stereocenters. The van der Waals surface area contributed by atoms with Crippen LogP contribution in [0.15, 0.2) is 0 Å². The van der Waals surface area contributed by atoms with E-state index in [2.05, 4.69) is 16.4 Å². The van der Waals surface area contributed by atoms with E-state index >= 15 is 0 Å². The number of hydrogen-bond acceptors (Lipinski definition) is 3. The predicted molar refractivity (Wildman–Crippen MR) is 32.9 cm³/mol. The molecule has 0 heterocycles. The lowest BCUT2D eigenvalue weighted by atomic mass is 10.9. The van der Waals surface area contributed by atoms with E-state index in [1.807, 2.05) is 6.26 Å². The quantitative estimate of drug-likeness (QED) is 0.386. The molecule has 1 nitrogen and oxygen atoms in total. The summed E-state index contributed by atoms with van der Waals surface area (Å²) in [6, 6.07) is 0. The monoisotopic (exact) mass is 122 g/mol. The molecule has 0 rings (SSSR count). The fourth-order valence-electron chi connectivity index (χ4n) is 0.117. The first-order valence-corrected chi connectivity index (χ1v) is 3.04. The second-order valence-corrected chi connectivity index (χ2v) is 1.82. The molecule has 0 N–H and O–H groups in total. The van der Waals surface area contributed by atoms with Gasteiger partial charge in [0.25, 0.3) is 0 Å². The van der Waals surface area contributed by atoms with Gasteiger partial charge in [-0.3, -0.25) is 0 Å².